The van der Waals surface area contributed by atoms with Gasteiger partial charge in [0.1, 0.15) is 5.82 Å². The largest absolute Gasteiger partial charge is 0.393 e. The van der Waals surface area contributed by atoms with Crippen LogP contribution in [0, 0.1) is 5.92 Å². The first-order chi connectivity index (χ1) is 10.3. The quantitative estimate of drug-likeness (QED) is 0.893. The van der Waals surface area contributed by atoms with Gasteiger partial charge >= 0.3 is 0 Å². The molecule has 0 radical (unpaired) electrons. The summed E-state index contributed by atoms with van der Waals surface area (Å²) >= 11 is 0. The van der Waals surface area contributed by atoms with Gasteiger partial charge in [-0.25, -0.2) is 4.98 Å². The SMILES string of the molecule is OC1CCN(c2cccc(C[C@@H]3CCCNCC3)n2)CC1. The van der Waals surface area contributed by atoms with Crippen molar-refractivity contribution in [3.8, 4) is 0 Å². The molecule has 2 saturated heterocycles. The Morgan fingerprint density at radius 2 is 2.00 bits per heavy atom. The molecule has 0 aromatic carbocycles. The molecule has 3 heterocycles. The molecular weight excluding hydrogens is 262 g/mol. The minimum atomic E-state index is -0.122. The summed E-state index contributed by atoms with van der Waals surface area (Å²) in [6.07, 6.45) is 6.57. The second-order valence-electron chi connectivity index (χ2n) is 6.46. The van der Waals surface area contributed by atoms with E-state index >= 15 is 0 Å². The van der Waals surface area contributed by atoms with Gasteiger partial charge in [0.05, 0.1) is 6.10 Å². The number of hydrogen-bond donors (Lipinski definition) is 2. The second-order valence-corrected chi connectivity index (χ2v) is 6.46. The third-order valence-corrected chi connectivity index (χ3v) is 4.77. The van der Waals surface area contributed by atoms with Gasteiger partial charge in [0.25, 0.3) is 0 Å². The van der Waals surface area contributed by atoms with Gasteiger partial charge in [0, 0.05) is 18.8 Å². The maximum absolute atomic E-state index is 9.62. The van der Waals surface area contributed by atoms with Crippen molar-refractivity contribution < 1.29 is 5.11 Å². The lowest BCUT2D eigenvalue weighted by molar-refractivity contribution is 0.145. The molecule has 0 unspecified atom stereocenters. The first-order valence-corrected chi connectivity index (χ1v) is 8.41. The zero-order chi connectivity index (χ0) is 14.5. The number of pyridine rings is 1. The Kier molecular flexibility index (Phi) is 5.09. The number of nitrogens with one attached hydrogen (secondary N) is 1. The van der Waals surface area contributed by atoms with E-state index in [4.69, 9.17) is 4.98 Å². The Morgan fingerprint density at radius 3 is 2.86 bits per heavy atom. The highest BCUT2D eigenvalue weighted by Crippen LogP contribution is 2.22. The van der Waals surface area contributed by atoms with Crippen LogP contribution < -0.4 is 10.2 Å². The second kappa shape index (κ2) is 7.23. The third-order valence-electron chi connectivity index (χ3n) is 4.77. The van der Waals surface area contributed by atoms with Crippen LogP contribution in [0.2, 0.25) is 0 Å². The highest BCUT2D eigenvalue weighted by atomic mass is 16.3. The number of rotatable bonds is 3. The number of aromatic nitrogens is 1. The number of piperidine rings is 1. The zero-order valence-electron chi connectivity index (χ0n) is 12.8. The van der Waals surface area contributed by atoms with E-state index in [0.717, 1.165) is 50.6 Å². The first kappa shape index (κ1) is 14.8. The minimum absolute atomic E-state index is 0.122. The van der Waals surface area contributed by atoms with Crippen molar-refractivity contribution in [3.63, 3.8) is 0 Å². The lowest BCUT2D eigenvalue weighted by atomic mass is 9.95. The summed E-state index contributed by atoms with van der Waals surface area (Å²) in [6, 6.07) is 6.41. The summed E-state index contributed by atoms with van der Waals surface area (Å²) < 4.78 is 0. The van der Waals surface area contributed by atoms with Crippen LogP contribution in [0.15, 0.2) is 18.2 Å². The number of anilines is 1. The average Bonchev–Trinajstić information content (AvgIpc) is 2.77. The van der Waals surface area contributed by atoms with Gasteiger partial charge < -0.3 is 15.3 Å². The topological polar surface area (TPSA) is 48.4 Å². The van der Waals surface area contributed by atoms with Gasteiger partial charge in [0.2, 0.25) is 0 Å². The Morgan fingerprint density at radius 1 is 1.14 bits per heavy atom. The average molecular weight is 289 g/mol. The normalized spacial score (nSPS) is 24.8. The molecule has 2 N–H and O–H groups in total. The molecule has 1 atom stereocenters. The first-order valence-electron chi connectivity index (χ1n) is 8.41. The molecule has 4 heteroatoms. The lowest BCUT2D eigenvalue weighted by Gasteiger charge is -2.30. The number of nitrogens with zero attached hydrogens (tertiary/aromatic N) is 2. The van der Waals surface area contributed by atoms with E-state index in [9.17, 15) is 5.11 Å². The zero-order valence-corrected chi connectivity index (χ0v) is 12.8. The van der Waals surface area contributed by atoms with Crippen LogP contribution in [-0.2, 0) is 6.42 Å². The standard InChI is InChI=1S/C17H27N3O/c21-16-7-11-20(12-8-16)17-5-1-4-15(19-17)13-14-3-2-9-18-10-6-14/h1,4-5,14,16,18,21H,2-3,6-13H2/t14-/m1/s1. The van der Waals surface area contributed by atoms with E-state index in [1.165, 1.54) is 31.5 Å². The molecule has 0 amide bonds. The molecule has 2 aliphatic rings. The fraction of sp³-hybridized carbons (Fsp3) is 0.706. The van der Waals surface area contributed by atoms with Crippen LogP contribution in [0.1, 0.15) is 37.8 Å². The summed E-state index contributed by atoms with van der Waals surface area (Å²) in [7, 11) is 0. The predicted octanol–water partition coefficient (Wildman–Crippen LogP) is 1.97. The van der Waals surface area contributed by atoms with Crippen LogP contribution in [0.5, 0.6) is 0 Å². The van der Waals surface area contributed by atoms with Crippen LogP contribution in [0.4, 0.5) is 5.82 Å². The van der Waals surface area contributed by atoms with Crippen LogP contribution in [0.3, 0.4) is 0 Å². The highest BCUT2D eigenvalue weighted by Gasteiger charge is 2.19. The number of hydrogen-bond acceptors (Lipinski definition) is 4. The Balaban J connectivity index is 1.62. The fourth-order valence-corrected chi connectivity index (χ4v) is 3.44. The van der Waals surface area contributed by atoms with E-state index in [2.05, 4.69) is 28.4 Å². The van der Waals surface area contributed by atoms with Gasteiger partial charge in [-0.1, -0.05) is 6.07 Å². The Hall–Kier alpha value is -1.13. The molecule has 3 rings (SSSR count). The van der Waals surface area contributed by atoms with Crippen molar-refractivity contribution in [1.29, 1.82) is 0 Å². The van der Waals surface area contributed by atoms with Crippen LogP contribution >= 0.6 is 0 Å². The van der Waals surface area contributed by atoms with Gasteiger partial charge in [-0.3, -0.25) is 0 Å². The molecule has 0 saturated carbocycles. The lowest BCUT2D eigenvalue weighted by Crippen LogP contribution is -2.36. The van der Waals surface area contributed by atoms with E-state index in [-0.39, 0.29) is 6.10 Å². The number of aliphatic hydroxyl groups is 1. The minimum Gasteiger partial charge on any atom is -0.393 e. The predicted molar refractivity (Wildman–Crippen MR) is 85.6 cm³/mol. The van der Waals surface area contributed by atoms with Crippen molar-refractivity contribution in [1.82, 2.24) is 10.3 Å². The van der Waals surface area contributed by atoms with Gasteiger partial charge in [-0.15, -0.1) is 0 Å². The number of aliphatic hydroxyl groups excluding tert-OH is 1. The third kappa shape index (κ3) is 4.17. The monoisotopic (exact) mass is 289 g/mol. The molecule has 1 aromatic heterocycles. The summed E-state index contributed by atoms with van der Waals surface area (Å²) in [5.74, 6) is 1.86. The summed E-state index contributed by atoms with van der Waals surface area (Å²) in [5, 5.41) is 13.1. The van der Waals surface area contributed by atoms with Gasteiger partial charge in [-0.05, 0) is 69.7 Å². The van der Waals surface area contributed by atoms with E-state index in [1.807, 2.05) is 0 Å². The summed E-state index contributed by atoms with van der Waals surface area (Å²) in [6.45, 7) is 4.16. The van der Waals surface area contributed by atoms with Crippen molar-refractivity contribution in [2.45, 2.75) is 44.6 Å². The summed E-state index contributed by atoms with van der Waals surface area (Å²) in [4.78, 5) is 7.18. The molecule has 2 fully saturated rings. The summed E-state index contributed by atoms with van der Waals surface area (Å²) in [5.41, 5.74) is 1.23. The van der Waals surface area contributed by atoms with Crippen LogP contribution in [-0.4, -0.2) is 42.4 Å². The molecular formula is C17H27N3O. The van der Waals surface area contributed by atoms with Gasteiger partial charge in [0.15, 0.2) is 0 Å². The maximum Gasteiger partial charge on any atom is 0.128 e. The highest BCUT2D eigenvalue weighted by molar-refractivity contribution is 5.39. The Labute approximate surface area is 127 Å². The molecule has 21 heavy (non-hydrogen) atoms. The fourth-order valence-electron chi connectivity index (χ4n) is 3.44. The van der Waals surface area contributed by atoms with Crippen molar-refractivity contribution in [2.24, 2.45) is 5.92 Å². The van der Waals surface area contributed by atoms with Crippen LogP contribution in [0.25, 0.3) is 0 Å². The molecule has 0 spiro atoms. The molecule has 4 nitrogen and oxygen atoms in total. The van der Waals surface area contributed by atoms with E-state index in [0.29, 0.717) is 0 Å². The molecule has 116 valence electrons. The van der Waals surface area contributed by atoms with Gasteiger partial charge in [-0.2, -0.15) is 0 Å². The maximum atomic E-state index is 9.62. The smallest absolute Gasteiger partial charge is 0.128 e. The van der Waals surface area contributed by atoms with Crippen molar-refractivity contribution in [2.75, 3.05) is 31.1 Å². The van der Waals surface area contributed by atoms with Crippen molar-refractivity contribution >= 4 is 5.82 Å². The molecule has 2 aliphatic heterocycles. The van der Waals surface area contributed by atoms with E-state index in [1.54, 1.807) is 0 Å². The van der Waals surface area contributed by atoms with Crippen molar-refractivity contribution in [3.05, 3.63) is 23.9 Å². The molecule has 0 aliphatic carbocycles. The molecule has 0 bridgehead atoms. The van der Waals surface area contributed by atoms with E-state index < -0.39 is 0 Å². The molecule has 1 aromatic rings. The Bertz CT molecular complexity index is 435.